The molecule has 0 atom stereocenters. The molecule has 1 fully saturated rings. The molecule has 5 rings (SSSR count). The molecule has 0 aromatic carbocycles. The van der Waals surface area contributed by atoms with Gasteiger partial charge in [-0.25, -0.2) is 9.97 Å². The first kappa shape index (κ1) is 17.6. The zero-order valence-electron chi connectivity index (χ0n) is 16.4. The SMILES string of the molecule is CCN1CC(CC#N)(n2cc(-c3nc(-c4cnn(C)c4)cc4nccn34)cn2)C1. The molecule has 0 amide bonds. The van der Waals surface area contributed by atoms with E-state index in [1.165, 1.54) is 0 Å². The van der Waals surface area contributed by atoms with Gasteiger partial charge in [0, 0.05) is 56.6 Å². The maximum Gasteiger partial charge on any atom is 0.149 e. The Balaban J connectivity index is 1.58. The highest BCUT2D eigenvalue weighted by atomic mass is 15.4. The van der Waals surface area contributed by atoms with E-state index in [2.05, 4.69) is 33.1 Å². The van der Waals surface area contributed by atoms with Crippen LogP contribution in [-0.4, -0.2) is 58.5 Å². The van der Waals surface area contributed by atoms with E-state index in [1.54, 1.807) is 17.1 Å². The number of aryl methyl sites for hydroxylation is 1. The third kappa shape index (κ3) is 2.80. The molecule has 4 aromatic heterocycles. The summed E-state index contributed by atoms with van der Waals surface area (Å²) < 4.78 is 5.66. The van der Waals surface area contributed by atoms with Crippen molar-refractivity contribution in [2.45, 2.75) is 18.9 Å². The number of likely N-dealkylation sites (N-methyl/N-ethyl adjacent to an activating group) is 1. The second-order valence-corrected chi connectivity index (χ2v) is 7.56. The predicted octanol–water partition coefficient (Wildman–Crippen LogP) is 1.94. The van der Waals surface area contributed by atoms with Crippen molar-refractivity contribution in [2.75, 3.05) is 19.6 Å². The molecule has 0 bridgehead atoms. The van der Waals surface area contributed by atoms with Gasteiger partial charge in [-0.15, -0.1) is 0 Å². The summed E-state index contributed by atoms with van der Waals surface area (Å²) in [7, 11) is 1.88. The largest absolute Gasteiger partial charge is 0.299 e. The fraction of sp³-hybridized carbons (Fsp3) is 0.350. The van der Waals surface area contributed by atoms with Crippen LogP contribution >= 0.6 is 0 Å². The lowest BCUT2D eigenvalue weighted by atomic mass is 9.87. The van der Waals surface area contributed by atoms with Crippen LogP contribution in [-0.2, 0) is 12.6 Å². The minimum Gasteiger partial charge on any atom is -0.299 e. The Morgan fingerprint density at radius 3 is 2.72 bits per heavy atom. The van der Waals surface area contributed by atoms with E-state index >= 15 is 0 Å². The molecule has 9 heteroatoms. The van der Waals surface area contributed by atoms with Gasteiger partial charge in [0.2, 0.25) is 0 Å². The van der Waals surface area contributed by atoms with Crippen LogP contribution in [0.25, 0.3) is 28.3 Å². The lowest BCUT2D eigenvalue weighted by Crippen LogP contribution is -2.62. The van der Waals surface area contributed by atoms with Gasteiger partial charge in [-0.2, -0.15) is 15.5 Å². The second kappa shape index (κ2) is 6.53. The van der Waals surface area contributed by atoms with Crippen LogP contribution in [0.15, 0.2) is 43.2 Å². The summed E-state index contributed by atoms with van der Waals surface area (Å²) in [5, 5.41) is 18.2. The Bertz CT molecular complexity index is 1220. The monoisotopic (exact) mass is 387 g/mol. The number of nitriles is 1. The first-order chi connectivity index (χ1) is 14.1. The molecule has 1 aliphatic rings. The fourth-order valence-electron chi connectivity index (χ4n) is 4.02. The standard InChI is InChI=1S/C20H21N9/c1-3-27-13-20(14-27,4-5-21)29-12-16(10-24-29)19-25-17(15-9-23-26(2)11-15)8-18-22-6-7-28(18)19/h6-12H,3-4,13-14H2,1-2H3. The Kier molecular flexibility index (Phi) is 3.96. The molecule has 146 valence electrons. The van der Waals surface area contributed by atoms with Gasteiger partial charge in [0.15, 0.2) is 0 Å². The number of aromatic nitrogens is 7. The number of fused-ring (bicyclic) bond motifs is 1. The van der Waals surface area contributed by atoms with Gasteiger partial charge in [-0.05, 0) is 6.54 Å². The Morgan fingerprint density at radius 1 is 1.17 bits per heavy atom. The molecular weight excluding hydrogens is 366 g/mol. The molecule has 0 radical (unpaired) electrons. The van der Waals surface area contributed by atoms with E-state index < -0.39 is 0 Å². The predicted molar refractivity (Wildman–Crippen MR) is 107 cm³/mol. The molecule has 0 unspecified atom stereocenters. The maximum atomic E-state index is 9.35. The van der Waals surface area contributed by atoms with E-state index in [9.17, 15) is 5.26 Å². The van der Waals surface area contributed by atoms with Crippen molar-refractivity contribution in [1.82, 2.24) is 38.8 Å². The molecule has 0 N–H and O–H groups in total. The average Bonchev–Trinajstić information content (AvgIpc) is 3.43. The van der Waals surface area contributed by atoms with Crippen molar-refractivity contribution in [3.8, 4) is 28.7 Å². The van der Waals surface area contributed by atoms with E-state index in [0.29, 0.717) is 6.42 Å². The summed E-state index contributed by atoms with van der Waals surface area (Å²) in [4.78, 5) is 11.6. The molecule has 1 saturated heterocycles. The molecule has 1 aliphatic heterocycles. The summed E-state index contributed by atoms with van der Waals surface area (Å²) in [6.45, 7) is 4.78. The highest BCUT2D eigenvalue weighted by Crippen LogP contribution is 2.33. The minimum absolute atomic E-state index is 0.266. The summed E-state index contributed by atoms with van der Waals surface area (Å²) in [5.74, 6) is 0.767. The van der Waals surface area contributed by atoms with Crippen molar-refractivity contribution in [3.63, 3.8) is 0 Å². The molecule has 9 nitrogen and oxygen atoms in total. The van der Waals surface area contributed by atoms with E-state index in [0.717, 1.165) is 47.9 Å². The molecule has 0 aliphatic carbocycles. The molecule has 5 heterocycles. The van der Waals surface area contributed by atoms with Crippen LogP contribution in [0.1, 0.15) is 13.3 Å². The van der Waals surface area contributed by atoms with Crippen LogP contribution in [0.3, 0.4) is 0 Å². The third-order valence-corrected chi connectivity index (χ3v) is 5.61. The number of hydrogen-bond acceptors (Lipinski definition) is 6. The van der Waals surface area contributed by atoms with E-state index in [-0.39, 0.29) is 5.54 Å². The molecular formula is C20H21N9. The van der Waals surface area contributed by atoms with Gasteiger partial charge in [-0.3, -0.25) is 18.7 Å². The molecule has 4 aromatic rings. The number of imidazole rings is 1. The zero-order chi connectivity index (χ0) is 20.0. The van der Waals surface area contributed by atoms with Crippen LogP contribution in [0.4, 0.5) is 0 Å². The summed E-state index contributed by atoms with van der Waals surface area (Å²) in [6, 6.07) is 4.29. The van der Waals surface area contributed by atoms with Gasteiger partial charge in [-0.1, -0.05) is 6.92 Å². The quantitative estimate of drug-likeness (QED) is 0.520. The molecule has 29 heavy (non-hydrogen) atoms. The first-order valence-electron chi connectivity index (χ1n) is 9.60. The summed E-state index contributed by atoms with van der Waals surface area (Å²) in [6.07, 6.45) is 11.7. The van der Waals surface area contributed by atoms with Crippen molar-refractivity contribution < 1.29 is 0 Å². The van der Waals surface area contributed by atoms with Gasteiger partial charge in [0.1, 0.15) is 17.0 Å². The first-order valence-corrected chi connectivity index (χ1v) is 9.60. The van der Waals surface area contributed by atoms with Crippen LogP contribution < -0.4 is 0 Å². The lowest BCUT2D eigenvalue weighted by Gasteiger charge is -2.48. The van der Waals surface area contributed by atoms with Crippen molar-refractivity contribution >= 4 is 5.65 Å². The molecule has 0 saturated carbocycles. The number of hydrogen-bond donors (Lipinski definition) is 0. The summed E-state index contributed by atoms with van der Waals surface area (Å²) >= 11 is 0. The second-order valence-electron chi connectivity index (χ2n) is 7.56. The lowest BCUT2D eigenvalue weighted by molar-refractivity contribution is 0.00951. The zero-order valence-corrected chi connectivity index (χ0v) is 16.4. The Morgan fingerprint density at radius 2 is 2.00 bits per heavy atom. The average molecular weight is 387 g/mol. The van der Waals surface area contributed by atoms with Gasteiger partial charge < -0.3 is 0 Å². The van der Waals surface area contributed by atoms with Gasteiger partial charge in [0.25, 0.3) is 0 Å². The highest BCUT2D eigenvalue weighted by molar-refractivity contribution is 5.68. The Labute approximate surface area is 167 Å². The maximum absolute atomic E-state index is 9.35. The van der Waals surface area contributed by atoms with Gasteiger partial charge >= 0.3 is 0 Å². The van der Waals surface area contributed by atoms with Crippen molar-refractivity contribution in [1.29, 1.82) is 5.26 Å². The van der Waals surface area contributed by atoms with Crippen LogP contribution in [0.2, 0.25) is 0 Å². The number of likely N-dealkylation sites (tertiary alicyclic amines) is 1. The minimum atomic E-state index is -0.266. The third-order valence-electron chi connectivity index (χ3n) is 5.61. The smallest absolute Gasteiger partial charge is 0.149 e. The van der Waals surface area contributed by atoms with E-state index in [1.807, 2.05) is 47.0 Å². The number of nitrogens with zero attached hydrogens (tertiary/aromatic N) is 9. The Hall–Kier alpha value is -3.51. The summed E-state index contributed by atoms with van der Waals surface area (Å²) in [5.41, 5.74) is 3.19. The van der Waals surface area contributed by atoms with Crippen molar-refractivity contribution in [2.24, 2.45) is 7.05 Å². The van der Waals surface area contributed by atoms with E-state index in [4.69, 9.17) is 4.98 Å². The van der Waals surface area contributed by atoms with Crippen LogP contribution in [0, 0.1) is 11.3 Å². The number of rotatable bonds is 5. The topological polar surface area (TPSA) is 92.9 Å². The highest BCUT2D eigenvalue weighted by Gasteiger charge is 2.44. The fourth-order valence-corrected chi connectivity index (χ4v) is 4.02. The van der Waals surface area contributed by atoms with Gasteiger partial charge in [0.05, 0.1) is 36.1 Å². The van der Waals surface area contributed by atoms with Crippen molar-refractivity contribution in [3.05, 3.63) is 43.2 Å². The normalized spacial score (nSPS) is 16.0. The molecule has 0 spiro atoms. The van der Waals surface area contributed by atoms with Crippen LogP contribution in [0.5, 0.6) is 0 Å².